The fourth-order valence-electron chi connectivity index (χ4n) is 5.97. The Kier molecular flexibility index (Phi) is 8.42. The zero-order chi connectivity index (χ0) is 25.6. The van der Waals surface area contributed by atoms with Gasteiger partial charge in [-0.05, 0) is 79.0 Å². The minimum absolute atomic E-state index is 0.0346. The number of aliphatic hydroxyl groups is 1. The van der Waals surface area contributed by atoms with Gasteiger partial charge >= 0.3 is 0 Å². The van der Waals surface area contributed by atoms with Gasteiger partial charge in [0, 0.05) is 24.2 Å². The van der Waals surface area contributed by atoms with Crippen molar-refractivity contribution in [3.63, 3.8) is 0 Å². The van der Waals surface area contributed by atoms with Gasteiger partial charge in [-0.3, -0.25) is 4.90 Å². The molecular weight excluding hydrogens is 465 g/mol. The Hall–Kier alpha value is -2.89. The molecule has 1 saturated heterocycles. The minimum atomic E-state index is -0.527. The maximum atomic E-state index is 13.2. The Bertz CT molecular complexity index is 1200. The lowest BCUT2D eigenvalue weighted by atomic mass is 9.96. The average Bonchev–Trinajstić information content (AvgIpc) is 3.43. The van der Waals surface area contributed by atoms with Crippen molar-refractivity contribution >= 4 is 0 Å². The lowest BCUT2D eigenvalue weighted by molar-refractivity contribution is 0.0828. The molecular formula is C32H38FNO3. The lowest BCUT2D eigenvalue weighted by Crippen LogP contribution is -2.41. The molecule has 0 bridgehead atoms. The zero-order valence-corrected chi connectivity index (χ0v) is 21.8. The third-order valence-electron chi connectivity index (χ3n) is 8.01. The van der Waals surface area contributed by atoms with Gasteiger partial charge < -0.3 is 14.6 Å². The smallest absolute Gasteiger partial charge is 0.127 e. The van der Waals surface area contributed by atoms with E-state index in [0.717, 1.165) is 74.2 Å². The Morgan fingerprint density at radius 3 is 2.59 bits per heavy atom. The number of ether oxygens (including phenoxy) is 2. The van der Waals surface area contributed by atoms with Gasteiger partial charge in [0.2, 0.25) is 0 Å². The molecule has 1 heterocycles. The first kappa shape index (κ1) is 25.7. The monoisotopic (exact) mass is 503 g/mol. The molecule has 2 aliphatic rings. The maximum Gasteiger partial charge on any atom is 0.127 e. The summed E-state index contributed by atoms with van der Waals surface area (Å²) >= 11 is 0. The fraction of sp³-hybridized carbons (Fsp3) is 0.438. The highest BCUT2D eigenvalue weighted by atomic mass is 19.1. The summed E-state index contributed by atoms with van der Waals surface area (Å²) in [5, 5.41) is 9.94. The van der Waals surface area contributed by atoms with Crippen LogP contribution < -0.4 is 9.47 Å². The second-order valence-electron chi connectivity index (χ2n) is 10.2. The predicted octanol–water partition coefficient (Wildman–Crippen LogP) is 6.42. The van der Waals surface area contributed by atoms with Crippen LogP contribution in [0.5, 0.6) is 11.5 Å². The van der Waals surface area contributed by atoms with Gasteiger partial charge in [0.1, 0.15) is 31.4 Å². The van der Waals surface area contributed by atoms with Crippen molar-refractivity contribution in [2.24, 2.45) is 0 Å². The van der Waals surface area contributed by atoms with E-state index < -0.39 is 6.67 Å². The van der Waals surface area contributed by atoms with E-state index in [4.69, 9.17) is 9.47 Å². The molecule has 3 aromatic carbocycles. The highest BCUT2D eigenvalue weighted by Gasteiger charge is 2.28. The van der Waals surface area contributed by atoms with E-state index in [0.29, 0.717) is 6.61 Å². The molecule has 4 nitrogen and oxygen atoms in total. The summed E-state index contributed by atoms with van der Waals surface area (Å²) in [5.74, 6) is 1.58. The average molecular weight is 504 g/mol. The van der Waals surface area contributed by atoms with E-state index in [9.17, 15) is 9.50 Å². The maximum absolute atomic E-state index is 13.2. The predicted molar refractivity (Wildman–Crippen MR) is 146 cm³/mol. The zero-order valence-electron chi connectivity index (χ0n) is 21.8. The summed E-state index contributed by atoms with van der Waals surface area (Å²) in [6.07, 6.45) is 6.35. The second kappa shape index (κ2) is 12.1. The number of piperidine rings is 1. The first-order valence-electron chi connectivity index (χ1n) is 13.7. The summed E-state index contributed by atoms with van der Waals surface area (Å²) < 4.78 is 25.6. The van der Waals surface area contributed by atoms with Crippen molar-refractivity contribution in [2.45, 2.75) is 64.6 Å². The molecule has 0 aromatic heterocycles. The van der Waals surface area contributed by atoms with Crippen LogP contribution in [0.3, 0.4) is 0 Å². The van der Waals surface area contributed by atoms with Crippen molar-refractivity contribution in [1.29, 1.82) is 0 Å². The van der Waals surface area contributed by atoms with Gasteiger partial charge in [-0.1, -0.05) is 55.0 Å². The van der Waals surface area contributed by atoms with Crippen molar-refractivity contribution in [2.75, 3.05) is 26.4 Å². The van der Waals surface area contributed by atoms with Gasteiger partial charge in [0.05, 0.1) is 6.61 Å². The van der Waals surface area contributed by atoms with Gasteiger partial charge in [-0.25, -0.2) is 4.39 Å². The van der Waals surface area contributed by atoms with E-state index in [1.54, 1.807) is 0 Å². The summed E-state index contributed by atoms with van der Waals surface area (Å²) in [6, 6.07) is 19.0. The number of hydrogen-bond donors (Lipinski definition) is 1. The van der Waals surface area contributed by atoms with Gasteiger partial charge in [-0.2, -0.15) is 0 Å². The van der Waals surface area contributed by atoms with E-state index in [1.807, 2.05) is 12.1 Å². The Morgan fingerprint density at radius 2 is 1.78 bits per heavy atom. The number of benzene rings is 3. The molecule has 1 atom stereocenters. The molecule has 1 aliphatic carbocycles. The van der Waals surface area contributed by atoms with Crippen molar-refractivity contribution in [1.82, 2.24) is 4.90 Å². The van der Waals surface area contributed by atoms with Crippen molar-refractivity contribution in [3.8, 4) is 22.6 Å². The molecule has 0 spiro atoms. The number of fused-ring (bicyclic) bond motifs is 1. The Labute approximate surface area is 220 Å². The van der Waals surface area contributed by atoms with E-state index in [2.05, 4.69) is 54.3 Å². The largest absolute Gasteiger partial charge is 0.490 e. The highest BCUT2D eigenvalue weighted by Crippen LogP contribution is 2.41. The van der Waals surface area contributed by atoms with Crippen LogP contribution in [0.1, 0.15) is 53.5 Å². The van der Waals surface area contributed by atoms with Gasteiger partial charge in [0.15, 0.2) is 0 Å². The highest BCUT2D eigenvalue weighted by molar-refractivity contribution is 5.68. The summed E-state index contributed by atoms with van der Waals surface area (Å²) in [4.78, 5) is 2.37. The molecule has 5 rings (SSSR count). The van der Waals surface area contributed by atoms with Crippen LogP contribution in [0.4, 0.5) is 4.39 Å². The summed E-state index contributed by atoms with van der Waals surface area (Å²) in [7, 11) is 0. The van der Waals surface area contributed by atoms with E-state index in [1.165, 1.54) is 27.8 Å². The van der Waals surface area contributed by atoms with Crippen LogP contribution in [0.15, 0.2) is 54.6 Å². The van der Waals surface area contributed by atoms with Gasteiger partial charge in [0.25, 0.3) is 0 Å². The van der Waals surface area contributed by atoms with Crippen LogP contribution >= 0.6 is 0 Å². The van der Waals surface area contributed by atoms with Gasteiger partial charge in [-0.15, -0.1) is 0 Å². The van der Waals surface area contributed by atoms with Crippen LogP contribution in [0, 0.1) is 6.92 Å². The number of likely N-dealkylation sites (tertiary alicyclic amines) is 1. The lowest BCUT2D eigenvalue weighted by Gasteiger charge is -2.35. The number of hydrogen-bond acceptors (Lipinski definition) is 4. The first-order valence-corrected chi connectivity index (χ1v) is 13.7. The Morgan fingerprint density at radius 1 is 0.946 bits per heavy atom. The molecule has 37 heavy (non-hydrogen) atoms. The third-order valence-corrected chi connectivity index (χ3v) is 8.01. The summed E-state index contributed by atoms with van der Waals surface area (Å²) in [5.41, 5.74) is 8.50. The standard InChI is InChI=1S/C32H38FNO3/c1-23-25(11-7-13-27(23)24-9-3-2-4-10-24)22-37-31-19-32(36-18-16-33)30(28-14-8-15-29(28)31)20-34-17-6-5-12-26(34)21-35/h2-4,7,9-11,13,19,26,35H,5-6,8,12,14-18,20-22H2,1H3. The number of rotatable bonds is 10. The number of nitrogens with zero attached hydrogens (tertiary/aromatic N) is 1. The normalized spacial score (nSPS) is 17.5. The second-order valence-corrected chi connectivity index (χ2v) is 10.2. The molecule has 1 N–H and O–H groups in total. The molecule has 0 amide bonds. The Balaban J connectivity index is 1.43. The molecule has 0 saturated carbocycles. The molecule has 0 radical (unpaired) electrons. The van der Waals surface area contributed by atoms with Crippen LogP contribution in [-0.4, -0.2) is 42.5 Å². The molecule has 1 aliphatic heterocycles. The van der Waals surface area contributed by atoms with E-state index in [-0.39, 0.29) is 19.3 Å². The molecule has 196 valence electrons. The molecule has 1 unspecified atom stereocenters. The quantitative estimate of drug-likeness (QED) is 0.346. The summed E-state index contributed by atoms with van der Waals surface area (Å²) in [6.45, 7) is 4.01. The third kappa shape index (κ3) is 5.68. The van der Waals surface area contributed by atoms with Crippen molar-refractivity contribution < 1.29 is 19.0 Å². The molecule has 3 aromatic rings. The van der Waals surface area contributed by atoms with Crippen LogP contribution in [0.2, 0.25) is 0 Å². The number of alkyl halides is 1. The van der Waals surface area contributed by atoms with E-state index >= 15 is 0 Å². The molecule has 1 fully saturated rings. The minimum Gasteiger partial charge on any atom is -0.490 e. The van der Waals surface area contributed by atoms with Crippen molar-refractivity contribution in [3.05, 3.63) is 82.4 Å². The first-order chi connectivity index (χ1) is 18.2. The van der Waals surface area contributed by atoms with Crippen LogP contribution in [-0.2, 0) is 26.0 Å². The number of aliphatic hydroxyl groups excluding tert-OH is 1. The SMILES string of the molecule is Cc1c(COc2cc(OCCF)c(CN3CCCCC3CO)c3c2CCC3)cccc1-c1ccccc1. The number of halogens is 1. The fourth-order valence-corrected chi connectivity index (χ4v) is 5.97. The topological polar surface area (TPSA) is 41.9 Å². The van der Waals surface area contributed by atoms with Crippen LogP contribution in [0.25, 0.3) is 11.1 Å². The molecule has 5 heteroatoms.